The fraction of sp³-hybridized carbons (Fsp3) is 0.167. The van der Waals surface area contributed by atoms with Crippen molar-refractivity contribution < 1.29 is 4.74 Å². The fourth-order valence-corrected chi connectivity index (χ4v) is 1.77. The molecule has 0 radical (unpaired) electrons. The lowest BCUT2D eigenvalue weighted by atomic mass is 10.1. The number of H-pyrrole nitrogens is 1. The molecule has 1 heterocycles. The van der Waals surface area contributed by atoms with Crippen molar-refractivity contribution in [3.05, 3.63) is 39.6 Å². The number of nitrogens with two attached hydrogens (primary N) is 1. The van der Waals surface area contributed by atoms with Crippen molar-refractivity contribution in [1.29, 1.82) is 0 Å². The molecule has 0 saturated carbocycles. The number of aromatic nitrogens is 2. The van der Waals surface area contributed by atoms with Crippen LogP contribution in [-0.2, 0) is 0 Å². The lowest BCUT2D eigenvalue weighted by Crippen LogP contribution is -2.12. The second-order valence-corrected chi connectivity index (χ2v) is 3.95. The van der Waals surface area contributed by atoms with Crippen molar-refractivity contribution in [3.8, 4) is 17.0 Å². The maximum Gasteiger partial charge on any atom is 0.271 e. The van der Waals surface area contributed by atoms with E-state index in [9.17, 15) is 4.79 Å². The number of anilines is 1. The third-order valence-corrected chi connectivity index (χ3v) is 2.65. The van der Waals surface area contributed by atoms with E-state index in [1.165, 1.54) is 0 Å². The van der Waals surface area contributed by atoms with E-state index in [1.807, 2.05) is 13.0 Å². The van der Waals surface area contributed by atoms with E-state index < -0.39 is 5.56 Å². The highest BCUT2D eigenvalue weighted by Crippen LogP contribution is 2.26. The molecule has 0 aliphatic rings. The largest absolute Gasteiger partial charge is 0.494 e. The minimum absolute atomic E-state index is 0.0119. The van der Waals surface area contributed by atoms with Gasteiger partial charge in [-0.15, -0.1) is 0 Å². The number of nitrogens with zero attached hydrogens (tertiary/aromatic N) is 1. The SMILES string of the molecule is CCOc1cccc(-c2nc(N)[nH]c(=O)c2Cl)c1. The minimum atomic E-state index is -0.457. The first-order valence-electron chi connectivity index (χ1n) is 5.40. The first kappa shape index (κ1) is 12.4. The number of hydrogen-bond donors (Lipinski definition) is 2. The lowest BCUT2D eigenvalue weighted by Gasteiger charge is -2.07. The van der Waals surface area contributed by atoms with Crippen LogP contribution in [0.25, 0.3) is 11.3 Å². The number of benzene rings is 1. The Kier molecular flexibility index (Phi) is 3.53. The van der Waals surface area contributed by atoms with Crippen LogP contribution in [0, 0.1) is 0 Å². The molecule has 0 aliphatic carbocycles. The molecular weight excluding hydrogens is 254 g/mol. The van der Waals surface area contributed by atoms with Crippen LogP contribution < -0.4 is 16.0 Å². The summed E-state index contributed by atoms with van der Waals surface area (Å²) in [5.41, 5.74) is 6.08. The summed E-state index contributed by atoms with van der Waals surface area (Å²) in [6.45, 7) is 2.45. The van der Waals surface area contributed by atoms with Crippen molar-refractivity contribution in [2.45, 2.75) is 6.92 Å². The van der Waals surface area contributed by atoms with Gasteiger partial charge in [-0.3, -0.25) is 9.78 Å². The smallest absolute Gasteiger partial charge is 0.271 e. The molecule has 0 fully saturated rings. The van der Waals surface area contributed by atoms with Gasteiger partial charge >= 0.3 is 0 Å². The molecule has 0 unspecified atom stereocenters. The zero-order valence-corrected chi connectivity index (χ0v) is 10.5. The van der Waals surface area contributed by atoms with E-state index in [1.54, 1.807) is 18.2 Å². The number of hydrogen-bond acceptors (Lipinski definition) is 4. The zero-order valence-electron chi connectivity index (χ0n) is 9.74. The average Bonchev–Trinajstić information content (AvgIpc) is 2.34. The summed E-state index contributed by atoms with van der Waals surface area (Å²) in [4.78, 5) is 17.9. The Labute approximate surface area is 109 Å². The van der Waals surface area contributed by atoms with Crippen molar-refractivity contribution in [3.63, 3.8) is 0 Å². The maximum atomic E-state index is 11.5. The first-order chi connectivity index (χ1) is 8.61. The summed E-state index contributed by atoms with van der Waals surface area (Å²) in [5, 5.41) is 0.0119. The zero-order chi connectivity index (χ0) is 13.1. The summed E-state index contributed by atoms with van der Waals surface area (Å²) < 4.78 is 5.38. The molecule has 0 spiro atoms. The third kappa shape index (κ3) is 2.46. The number of nitrogen functional groups attached to an aromatic ring is 1. The van der Waals surface area contributed by atoms with Gasteiger partial charge in [0, 0.05) is 5.56 Å². The standard InChI is InChI=1S/C12H12ClN3O2/c1-2-18-8-5-3-4-7(6-8)10-9(13)11(17)16-12(14)15-10/h3-6H,2H2,1H3,(H3,14,15,16,17). The van der Waals surface area contributed by atoms with E-state index in [0.717, 1.165) is 0 Å². The van der Waals surface area contributed by atoms with Gasteiger partial charge in [0.2, 0.25) is 5.95 Å². The van der Waals surface area contributed by atoms with Crippen LogP contribution in [0.4, 0.5) is 5.95 Å². The van der Waals surface area contributed by atoms with E-state index in [0.29, 0.717) is 23.6 Å². The van der Waals surface area contributed by atoms with Crippen LogP contribution in [0.3, 0.4) is 0 Å². The van der Waals surface area contributed by atoms with Crippen LogP contribution in [0.1, 0.15) is 6.92 Å². The van der Waals surface area contributed by atoms with Crippen molar-refractivity contribution >= 4 is 17.5 Å². The van der Waals surface area contributed by atoms with Crippen LogP contribution in [-0.4, -0.2) is 16.6 Å². The predicted molar refractivity (Wildman–Crippen MR) is 70.9 cm³/mol. The van der Waals surface area contributed by atoms with Gasteiger partial charge in [0.05, 0.1) is 12.3 Å². The van der Waals surface area contributed by atoms with E-state index in [2.05, 4.69) is 9.97 Å². The Morgan fingerprint density at radius 3 is 3.00 bits per heavy atom. The molecule has 0 saturated heterocycles. The Bertz CT molecular complexity index is 625. The molecule has 0 aliphatic heterocycles. The normalized spacial score (nSPS) is 10.3. The van der Waals surface area contributed by atoms with Crippen molar-refractivity contribution in [2.24, 2.45) is 0 Å². The molecule has 0 amide bonds. The summed E-state index contributed by atoms with van der Waals surface area (Å²) in [6, 6.07) is 7.17. The minimum Gasteiger partial charge on any atom is -0.494 e. The quantitative estimate of drug-likeness (QED) is 0.890. The first-order valence-corrected chi connectivity index (χ1v) is 5.78. The molecule has 18 heavy (non-hydrogen) atoms. The van der Waals surface area contributed by atoms with Gasteiger partial charge in [-0.25, -0.2) is 4.98 Å². The topological polar surface area (TPSA) is 81.0 Å². The molecule has 0 bridgehead atoms. The van der Waals surface area contributed by atoms with Crippen LogP contribution in [0.5, 0.6) is 5.75 Å². The van der Waals surface area contributed by atoms with Gasteiger partial charge in [0.25, 0.3) is 5.56 Å². The number of rotatable bonds is 3. The molecule has 1 aromatic heterocycles. The van der Waals surface area contributed by atoms with Crippen molar-refractivity contribution in [2.75, 3.05) is 12.3 Å². The highest BCUT2D eigenvalue weighted by atomic mass is 35.5. The maximum absolute atomic E-state index is 11.5. The van der Waals surface area contributed by atoms with Gasteiger partial charge in [-0.2, -0.15) is 0 Å². The van der Waals surface area contributed by atoms with E-state index in [4.69, 9.17) is 22.1 Å². The van der Waals surface area contributed by atoms with E-state index >= 15 is 0 Å². The van der Waals surface area contributed by atoms with Gasteiger partial charge in [0.15, 0.2) is 0 Å². The molecule has 94 valence electrons. The molecule has 6 heteroatoms. The van der Waals surface area contributed by atoms with Gasteiger partial charge in [0.1, 0.15) is 10.8 Å². The summed E-state index contributed by atoms with van der Waals surface area (Å²) in [6.07, 6.45) is 0. The highest BCUT2D eigenvalue weighted by molar-refractivity contribution is 6.32. The van der Waals surface area contributed by atoms with Crippen LogP contribution in [0.2, 0.25) is 5.02 Å². The van der Waals surface area contributed by atoms with Gasteiger partial charge in [-0.05, 0) is 19.1 Å². The molecule has 0 atom stereocenters. The lowest BCUT2D eigenvalue weighted by molar-refractivity contribution is 0.340. The monoisotopic (exact) mass is 265 g/mol. The van der Waals surface area contributed by atoms with Crippen LogP contribution >= 0.6 is 11.6 Å². The molecule has 2 rings (SSSR count). The second kappa shape index (κ2) is 5.10. The van der Waals surface area contributed by atoms with Crippen LogP contribution in [0.15, 0.2) is 29.1 Å². The Morgan fingerprint density at radius 2 is 2.28 bits per heavy atom. The van der Waals surface area contributed by atoms with Crippen molar-refractivity contribution in [1.82, 2.24) is 9.97 Å². The Balaban J connectivity index is 2.54. The van der Waals surface area contributed by atoms with E-state index in [-0.39, 0.29) is 11.0 Å². The predicted octanol–water partition coefficient (Wildman–Crippen LogP) is 2.07. The Morgan fingerprint density at radius 1 is 1.50 bits per heavy atom. The van der Waals surface area contributed by atoms with Gasteiger partial charge in [-0.1, -0.05) is 23.7 Å². The highest BCUT2D eigenvalue weighted by Gasteiger charge is 2.11. The number of aromatic amines is 1. The summed E-state index contributed by atoms with van der Waals surface area (Å²) in [5.74, 6) is 0.716. The number of halogens is 1. The number of ether oxygens (including phenoxy) is 1. The second-order valence-electron chi connectivity index (χ2n) is 3.57. The number of nitrogens with one attached hydrogen (secondary N) is 1. The average molecular weight is 266 g/mol. The summed E-state index contributed by atoms with van der Waals surface area (Å²) >= 11 is 5.93. The summed E-state index contributed by atoms with van der Waals surface area (Å²) in [7, 11) is 0. The van der Waals surface area contributed by atoms with Gasteiger partial charge < -0.3 is 10.5 Å². The Hall–Kier alpha value is -2.01. The fourth-order valence-electron chi connectivity index (χ4n) is 1.57. The molecule has 3 N–H and O–H groups in total. The molecule has 5 nitrogen and oxygen atoms in total. The molecule has 2 aromatic rings. The molecule has 1 aromatic carbocycles. The molecular formula is C12H12ClN3O2. The third-order valence-electron chi connectivity index (χ3n) is 2.30.